The van der Waals surface area contributed by atoms with Crippen LogP contribution in [-0.4, -0.2) is 36.9 Å². The van der Waals surface area contributed by atoms with Crippen LogP contribution in [0.1, 0.15) is 19.8 Å². The molecule has 1 aliphatic heterocycles. The maximum Gasteiger partial charge on any atom is 0.142 e. The molecule has 0 bridgehead atoms. The van der Waals surface area contributed by atoms with Crippen LogP contribution in [0.2, 0.25) is 0 Å². The molecule has 1 heterocycles. The monoisotopic (exact) mass is 250 g/mol. The van der Waals surface area contributed by atoms with Crippen molar-refractivity contribution in [1.29, 1.82) is 0 Å². The van der Waals surface area contributed by atoms with E-state index in [9.17, 15) is 5.11 Å². The average Bonchev–Trinajstić information content (AvgIpc) is 2.40. The summed E-state index contributed by atoms with van der Waals surface area (Å²) < 4.78 is 5.65. The van der Waals surface area contributed by atoms with Crippen LogP contribution in [0.5, 0.6) is 5.75 Å². The molecule has 1 fully saturated rings. The van der Waals surface area contributed by atoms with Gasteiger partial charge in [0.2, 0.25) is 0 Å². The van der Waals surface area contributed by atoms with Gasteiger partial charge in [-0.1, -0.05) is 12.1 Å². The Kier molecular flexibility index (Phi) is 4.09. The summed E-state index contributed by atoms with van der Waals surface area (Å²) in [5.74, 6) is 0.891. The van der Waals surface area contributed by atoms with Gasteiger partial charge in [0.05, 0.1) is 24.4 Å². The van der Waals surface area contributed by atoms with E-state index in [-0.39, 0.29) is 6.61 Å². The minimum absolute atomic E-state index is 0.0281. The highest BCUT2D eigenvalue weighted by Gasteiger charge is 2.31. The minimum atomic E-state index is -0.489. The second kappa shape index (κ2) is 5.59. The van der Waals surface area contributed by atoms with Gasteiger partial charge >= 0.3 is 0 Å². The Bertz CT molecular complexity index is 397. The van der Waals surface area contributed by atoms with Crippen LogP contribution in [-0.2, 0) is 0 Å². The topological polar surface area (TPSA) is 58.7 Å². The fourth-order valence-corrected chi connectivity index (χ4v) is 2.49. The van der Waals surface area contributed by atoms with Gasteiger partial charge in [-0.05, 0) is 31.9 Å². The molecule has 0 saturated carbocycles. The van der Waals surface area contributed by atoms with Crippen LogP contribution in [0.3, 0.4) is 0 Å². The Morgan fingerprint density at radius 2 is 2.22 bits per heavy atom. The predicted molar refractivity (Wildman–Crippen MR) is 73.1 cm³/mol. The number of hydrogen-bond donors (Lipinski definition) is 2. The fourth-order valence-electron chi connectivity index (χ4n) is 2.49. The summed E-state index contributed by atoms with van der Waals surface area (Å²) in [4.78, 5) is 2.21. The third-order valence-corrected chi connectivity index (χ3v) is 3.43. The standard InChI is InChI=1S/C14H22N2O2/c1-2-18-13-7-4-3-6-12(13)16-9-5-8-14(15,10-16)11-17/h3-4,6-7,17H,2,5,8-11,15H2,1H3. The van der Waals surface area contributed by atoms with Crippen molar-refractivity contribution >= 4 is 5.69 Å². The molecule has 0 aliphatic carbocycles. The molecular weight excluding hydrogens is 228 g/mol. The molecule has 0 spiro atoms. The van der Waals surface area contributed by atoms with Gasteiger partial charge in [0, 0.05) is 13.1 Å². The molecule has 3 N–H and O–H groups in total. The highest BCUT2D eigenvalue weighted by molar-refractivity contribution is 5.59. The van der Waals surface area contributed by atoms with E-state index < -0.39 is 5.54 Å². The molecule has 4 heteroatoms. The van der Waals surface area contributed by atoms with E-state index in [4.69, 9.17) is 10.5 Å². The maximum atomic E-state index is 9.40. The second-order valence-corrected chi connectivity index (χ2v) is 4.95. The van der Waals surface area contributed by atoms with Crippen molar-refractivity contribution in [3.8, 4) is 5.75 Å². The Balaban J connectivity index is 2.20. The average molecular weight is 250 g/mol. The van der Waals surface area contributed by atoms with Crippen LogP contribution >= 0.6 is 0 Å². The van der Waals surface area contributed by atoms with Gasteiger partial charge in [-0.25, -0.2) is 0 Å². The van der Waals surface area contributed by atoms with Crippen LogP contribution in [0.25, 0.3) is 0 Å². The van der Waals surface area contributed by atoms with Gasteiger partial charge in [0.15, 0.2) is 0 Å². The Morgan fingerprint density at radius 3 is 2.94 bits per heavy atom. The summed E-state index contributed by atoms with van der Waals surface area (Å²) in [6.07, 6.45) is 1.87. The Morgan fingerprint density at radius 1 is 1.44 bits per heavy atom. The predicted octanol–water partition coefficient (Wildman–Crippen LogP) is 1.38. The number of hydrogen-bond acceptors (Lipinski definition) is 4. The van der Waals surface area contributed by atoms with Gasteiger partial charge in [-0.2, -0.15) is 0 Å². The van der Waals surface area contributed by atoms with E-state index in [1.165, 1.54) is 0 Å². The van der Waals surface area contributed by atoms with Crippen LogP contribution < -0.4 is 15.4 Å². The molecule has 1 atom stereocenters. The van der Waals surface area contributed by atoms with Gasteiger partial charge < -0.3 is 20.5 Å². The van der Waals surface area contributed by atoms with Gasteiger partial charge in [-0.15, -0.1) is 0 Å². The zero-order chi connectivity index (χ0) is 13.0. The summed E-state index contributed by atoms with van der Waals surface area (Å²) in [5, 5.41) is 9.40. The first-order chi connectivity index (χ1) is 8.68. The summed E-state index contributed by atoms with van der Waals surface area (Å²) in [6, 6.07) is 8.00. The zero-order valence-electron chi connectivity index (χ0n) is 10.9. The minimum Gasteiger partial charge on any atom is -0.492 e. The molecule has 0 amide bonds. The molecule has 1 aliphatic rings. The van der Waals surface area contributed by atoms with Gasteiger partial charge in [0.25, 0.3) is 0 Å². The quantitative estimate of drug-likeness (QED) is 0.847. The third-order valence-electron chi connectivity index (χ3n) is 3.43. The lowest BCUT2D eigenvalue weighted by atomic mass is 9.90. The summed E-state index contributed by atoms with van der Waals surface area (Å²) in [5.41, 5.74) is 6.76. The molecule has 4 nitrogen and oxygen atoms in total. The number of nitrogens with two attached hydrogens (primary N) is 1. The number of anilines is 1. The van der Waals surface area contributed by atoms with Crippen LogP contribution in [0.4, 0.5) is 5.69 Å². The number of ether oxygens (including phenoxy) is 1. The molecule has 2 rings (SSSR count). The number of aliphatic hydroxyl groups excluding tert-OH is 1. The van der Waals surface area contributed by atoms with E-state index >= 15 is 0 Å². The van der Waals surface area contributed by atoms with E-state index in [1.807, 2.05) is 31.2 Å². The van der Waals surface area contributed by atoms with Crippen molar-refractivity contribution in [2.45, 2.75) is 25.3 Å². The first-order valence-electron chi connectivity index (χ1n) is 6.55. The number of aliphatic hydroxyl groups is 1. The fraction of sp³-hybridized carbons (Fsp3) is 0.571. The number of benzene rings is 1. The number of rotatable bonds is 4. The normalized spacial score (nSPS) is 24.1. The lowest BCUT2D eigenvalue weighted by Crippen LogP contribution is -2.56. The molecule has 1 unspecified atom stereocenters. The number of piperidine rings is 1. The van der Waals surface area contributed by atoms with Crippen molar-refractivity contribution in [3.05, 3.63) is 24.3 Å². The summed E-state index contributed by atoms with van der Waals surface area (Å²) in [6.45, 7) is 4.30. The molecular formula is C14H22N2O2. The van der Waals surface area contributed by atoms with E-state index in [1.54, 1.807) is 0 Å². The lowest BCUT2D eigenvalue weighted by Gasteiger charge is -2.40. The Labute approximate surface area is 108 Å². The Hall–Kier alpha value is -1.26. The molecule has 100 valence electrons. The van der Waals surface area contributed by atoms with Gasteiger partial charge in [-0.3, -0.25) is 0 Å². The van der Waals surface area contributed by atoms with E-state index in [0.717, 1.165) is 30.8 Å². The molecule has 1 saturated heterocycles. The van der Waals surface area contributed by atoms with Crippen LogP contribution in [0.15, 0.2) is 24.3 Å². The molecule has 18 heavy (non-hydrogen) atoms. The van der Waals surface area contributed by atoms with Crippen molar-refractivity contribution in [2.75, 3.05) is 31.2 Å². The zero-order valence-corrected chi connectivity index (χ0v) is 10.9. The van der Waals surface area contributed by atoms with E-state index in [2.05, 4.69) is 4.90 Å². The lowest BCUT2D eigenvalue weighted by molar-refractivity contribution is 0.176. The summed E-state index contributed by atoms with van der Waals surface area (Å²) in [7, 11) is 0. The van der Waals surface area contributed by atoms with Gasteiger partial charge in [0.1, 0.15) is 5.75 Å². The first kappa shape index (κ1) is 13.2. The maximum absolute atomic E-state index is 9.40. The molecule has 1 aromatic carbocycles. The van der Waals surface area contributed by atoms with E-state index in [0.29, 0.717) is 13.2 Å². The SMILES string of the molecule is CCOc1ccccc1N1CCCC(N)(CO)C1. The first-order valence-corrected chi connectivity index (χ1v) is 6.55. The highest BCUT2D eigenvalue weighted by Crippen LogP contribution is 2.32. The molecule has 0 aromatic heterocycles. The second-order valence-electron chi connectivity index (χ2n) is 4.95. The smallest absolute Gasteiger partial charge is 0.142 e. The third kappa shape index (κ3) is 2.76. The molecule has 1 aromatic rings. The highest BCUT2D eigenvalue weighted by atomic mass is 16.5. The largest absolute Gasteiger partial charge is 0.492 e. The number of nitrogens with zero attached hydrogens (tertiary/aromatic N) is 1. The molecule has 0 radical (unpaired) electrons. The van der Waals surface area contributed by atoms with Crippen molar-refractivity contribution in [2.24, 2.45) is 5.73 Å². The summed E-state index contributed by atoms with van der Waals surface area (Å²) >= 11 is 0. The van der Waals surface area contributed by atoms with Crippen molar-refractivity contribution in [3.63, 3.8) is 0 Å². The number of para-hydroxylation sites is 2. The van der Waals surface area contributed by atoms with Crippen LogP contribution in [0, 0.1) is 0 Å². The van der Waals surface area contributed by atoms with Crippen molar-refractivity contribution < 1.29 is 9.84 Å². The van der Waals surface area contributed by atoms with Crippen molar-refractivity contribution in [1.82, 2.24) is 0 Å².